The summed E-state index contributed by atoms with van der Waals surface area (Å²) in [6.45, 7) is 1.35. The first-order valence-corrected chi connectivity index (χ1v) is 10.8. The van der Waals surface area contributed by atoms with Crippen LogP contribution in [0.25, 0.3) is 32.9 Å². The van der Waals surface area contributed by atoms with Gasteiger partial charge in [-0.05, 0) is 30.0 Å². The van der Waals surface area contributed by atoms with Crippen molar-refractivity contribution < 1.29 is 13.5 Å². The fourth-order valence-electron chi connectivity index (χ4n) is 5.04. The summed E-state index contributed by atoms with van der Waals surface area (Å²) in [6, 6.07) is 6.72. The second-order valence-corrected chi connectivity index (χ2v) is 8.62. The van der Waals surface area contributed by atoms with Crippen molar-refractivity contribution in [2.75, 3.05) is 25.1 Å². The highest BCUT2D eigenvalue weighted by molar-refractivity contribution is 6.03. The van der Waals surface area contributed by atoms with Gasteiger partial charge in [-0.1, -0.05) is 12.0 Å². The molecule has 0 radical (unpaired) electrons. The zero-order chi connectivity index (χ0) is 23.6. The Balaban J connectivity index is 1.61. The average molecular weight is 459 g/mol. The van der Waals surface area contributed by atoms with Gasteiger partial charge in [0.05, 0.1) is 23.6 Å². The van der Waals surface area contributed by atoms with Crippen molar-refractivity contribution in [2.45, 2.75) is 18.5 Å². The van der Waals surface area contributed by atoms with Crippen LogP contribution >= 0.6 is 0 Å². The van der Waals surface area contributed by atoms with Crippen LogP contribution in [0.5, 0.6) is 5.75 Å². The molecule has 3 saturated heterocycles. The van der Waals surface area contributed by atoms with E-state index in [0.29, 0.717) is 52.9 Å². The van der Waals surface area contributed by atoms with Crippen LogP contribution in [-0.4, -0.2) is 47.2 Å². The van der Waals surface area contributed by atoms with E-state index in [2.05, 4.69) is 26.2 Å². The number of rotatable bonds is 3. The number of anilines is 1. The first kappa shape index (κ1) is 20.6. The molecule has 5 heterocycles. The van der Waals surface area contributed by atoms with Gasteiger partial charge in [0.15, 0.2) is 5.82 Å². The van der Waals surface area contributed by atoms with E-state index >= 15 is 4.39 Å². The normalized spacial score (nSPS) is 19.2. The van der Waals surface area contributed by atoms with Gasteiger partial charge in [0.1, 0.15) is 23.1 Å². The minimum atomic E-state index is -0.750. The third-order valence-electron chi connectivity index (χ3n) is 6.60. The van der Waals surface area contributed by atoms with Crippen molar-refractivity contribution in [2.24, 2.45) is 0 Å². The number of pyridine rings is 1. The van der Waals surface area contributed by atoms with Crippen molar-refractivity contribution in [1.29, 1.82) is 0 Å². The lowest BCUT2D eigenvalue weighted by molar-refractivity contribution is 0.225. The summed E-state index contributed by atoms with van der Waals surface area (Å²) >= 11 is 0. The van der Waals surface area contributed by atoms with Gasteiger partial charge < -0.3 is 19.9 Å². The molecule has 0 spiro atoms. The maximum Gasteiger partial charge on any atom is 0.347 e. The minimum Gasteiger partial charge on any atom is -0.497 e. The number of aromatic amines is 1. The second-order valence-electron chi connectivity index (χ2n) is 8.62. The Kier molecular flexibility index (Phi) is 4.54. The van der Waals surface area contributed by atoms with E-state index in [1.54, 1.807) is 18.2 Å². The number of terminal acetylenes is 1. The van der Waals surface area contributed by atoms with Crippen LogP contribution < -0.4 is 20.6 Å². The topological polar surface area (TPSA) is 83.1 Å². The summed E-state index contributed by atoms with van der Waals surface area (Å²) in [7, 11) is 1.48. The Morgan fingerprint density at radius 2 is 2.00 bits per heavy atom. The Morgan fingerprint density at radius 1 is 1.24 bits per heavy atom. The zero-order valence-corrected chi connectivity index (χ0v) is 18.2. The number of methoxy groups -OCH3 is 1. The molecule has 2 atom stereocenters. The van der Waals surface area contributed by atoms with Gasteiger partial charge in [0, 0.05) is 42.3 Å². The maximum atomic E-state index is 16.0. The number of halogens is 2. The molecule has 9 heteroatoms. The number of piperidine rings is 1. The number of H-pyrrole nitrogens is 1. The molecule has 0 saturated carbocycles. The van der Waals surface area contributed by atoms with Gasteiger partial charge in [-0.15, -0.1) is 6.42 Å². The lowest BCUT2D eigenvalue weighted by Crippen LogP contribution is -2.67. The SMILES string of the molecule is C#Cc1c(F)ccc2cc(OC)cc(-c3ncc4c(N5CC6CC(C5)N6)nc(=O)[nH]c4c3F)c12. The maximum absolute atomic E-state index is 16.0. The predicted molar refractivity (Wildman–Crippen MR) is 125 cm³/mol. The van der Waals surface area contributed by atoms with E-state index in [-0.39, 0.29) is 22.3 Å². The molecule has 4 aromatic rings. The van der Waals surface area contributed by atoms with Gasteiger partial charge >= 0.3 is 5.69 Å². The molecule has 2 bridgehead atoms. The number of aromatic nitrogens is 3. The smallest absolute Gasteiger partial charge is 0.347 e. The Labute approximate surface area is 192 Å². The van der Waals surface area contributed by atoms with E-state index in [1.807, 2.05) is 4.90 Å². The van der Waals surface area contributed by atoms with E-state index in [0.717, 1.165) is 6.42 Å². The molecular weight excluding hydrogens is 440 g/mol. The molecule has 2 N–H and O–H groups in total. The van der Waals surface area contributed by atoms with Crippen LogP contribution in [0.3, 0.4) is 0 Å². The summed E-state index contributed by atoms with van der Waals surface area (Å²) in [4.78, 5) is 25.4. The summed E-state index contributed by atoms with van der Waals surface area (Å²) in [5.41, 5.74) is -0.475. The van der Waals surface area contributed by atoms with Gasteiger partial charge in [0.2, 0.25) is 0 Å². The lowest BCUT2D eigenvalue weighted by Gasteiger charge is -2.48. The van der Waals surface area contributed by atoms with Crippen molar-refractivity contribution in [3.63, 3.8) is 0 Å². The highest BCUT2D eigenvalue weighted by Crippen LogP contribution is 2.38. The molecule has 2 unspecified atom stereocenters. The monoisotopic (exact) mass is 459 g/mol. The van der Waals surface area contributed by atoms with E-state index in [1.165, 1.54) is 19.4 Å². The summed E-state index contributed by atoms with van der Waals surface area (Å²) in [5, 5.41) is 4.74. The molecule has 2 aromatic carbocycles. The predicted octanol–water partition coefficient (Wildman–Crippen LogP) is 2.96. The fraction of sp³-hybridized carbons (Fsp3) is 0.240. The Morgan fingerprint density at radius 3 is 2.71 bits per heavy atom. The van der Waals surface area contributed by atoms with Crippen molar-refractivity contribution >= 4 is 27.5 Å². The standard InChI is InChI=1S/C25H19F2N5O2/c1-3-16-19(26)5-4-12-6-15(34-2)8-17(20(12)16)22-21(27)23-18(9-28-22)24(31-25(33)30-23)32-10-13-7-14(11-32)29-13/h1,4-6,8-9,13-14,29H,7,10-11H2,2H3,(H,30,31,33). The number of hydrogen-bond acceptors (Lipinski definition) is 6. The van der Waals surface area contributed by atoms with Gasteiger partial charge in [-0.25, -0.2) is 13.6 Å². The number of piperazine rings is 1. The quantitative estimate of drug-likeness (QED) is 0.459. The lowest BCUT2D eigenvalue weighted by atomic mass is 9.91. The fourth-order valence-corrected chi connectivity index (χ4v) is 5.04. The van der Waals surface area contributed by atoms with Gasteiger partial charge in [0.25, 0.3) is 0 Å². The molecule has 0 amide bonds. The van der Waals surface area contributed by atoms with Gasteiger partial charge in [-0.2, -0.15) is 4.98 Å². The summed E-state index contributed by atoms with van der Waals surface area (Å²) < 4.78 is 35.9. The van der Waals surface area contributed by atoms with Crippen LogP contribution in [0.15, 0.2) is 35.3 Å². The largest absolute Gasteiger partial charge is 0.497 e. The second kappa shape index (κ2) is 7.50. The Bertz CT molecular complexity index is 1580. The number of hydrogen-bond donors (Lipinski definition) is 2. The highest BCUT2D eigenvalue weighted by atomic mass is 19.1. The number of nitrogens with zero attached hydrogens (tertiary/aromatic N) is 3. The van der Waals surface area contributed by atoms with Gasteiger partial charge in [-0.3, -0.25) is 4.98 Å². The van der Waals surface area contributed by atoms with Crippen LogP contribution in [0.1, 0.15) is 12.0 Å². The molecule has 0 aliphatic carbocycles. The molecule has 7 nitrogen and oxygen atoms in total. The molecule has 2 aromatic heterocycles. The first-order chi connectivity index (χ1) is 16.5. The minimum absolute atomic E-state index is 0.000373. The third-order valence-corrected chi connectivity index (χ3v) is 6.60. The number of nitrogens with one attached hydrogen (secondary N) is 2. The number of fused-ring (bicyclic) bond motifs is 4. The average Bonchev–Trinajstić information content (AvgIpc) is 2.83. The first-order valence-electron chi connectivity index (χ1n) is 10.8. The summed E-state index contributed by atoms with van der Waals surface area (Å²) in [6.07, 6.45) is 8.16. The molecular formula is C25H19F2N5O2. The van der Waals surface area contributed by atoms with Crippen LogP contribution in [-0.2, 0) is 0 Å². The van der Waals surface area contributed by atoms with Crippen LogP contribution in [0.2, 0.25) is 0 Å². The van der Waals surface area contributed by atoms with Crippen LogP contribution in [0, 0.1) is 24.0 Å². The molecule has 34 heavy (non-hydrogen) atoms. The third kappa shape index (κ3) is 3.03. The van der Waals surface area contributed by atoms with E-state index < -0.39 is 17.3 Å². The molecule has 170 valence electrons. The zero-order valence-electron chi connectivity index (χ0n) is 18.2. The molecule has 3 fully saturated rings. The van der Waals surface area contributed by atoms with Crippen molar-refractivity contribution in [3.8, 4) is 29.4 Å². The molecule has 7 rings (SSSR count). The summed E-state index contributed by atoms with van der Waals surface area (Å²) in [5.74, 6) is 1.85. The van der Waals surface area contributed by atoms with E-state index in [9.17, 15) is 9.18 Å². The number of ether oxygens (including phenoxy) is 1. The Hall–Kier alpha value is -4.03. The molecule has 3 aliphatic heterocycles. The molecule has 3 aliphatic rings. The highest BCUT2D eigenvalue weighted by Gasteiger charge is 2.37. The van der Waals surface area contributed by atoms with Crippen molar-refractivity contribution in [1.82, 2.24) is 20.3 Å². The van der Waals surface area contributed by atoms with Crippen LogP contribution in [0.4, 0.5) is 14.6 Å². The van der Waals surface area contributed by atoms with E-state index in [4.69, 9.17) is 11.2 Å². The van der Waals surface area contributed by atoms with Crippen molar-refractivity contribution in [3.05, 3.63) is 58.1 Å². The number of benzene rings is 2.